The van der Waals surface area contributed by atoms with Crippen LogP contribution in [0.25, 0.3) is 5.69 Å². The van der Waals surface area contributed by atoms with Crippen LogP contribution in [-0.2, 0) is 6.18 Å². The Balaban J connectivity index is 1.44. The molecule has 1 aliphatic heterocycles. The highest BCUT2D eigenvalue weighted by Gasteiger charge is 2.35. The lowest BCUT2D eigenvalue weighted by atomic mass is 10.0. The molecule has 1 N–H and O–H groups in total. The first-order valence-electron chi connectivity index (χ1n) is 9.18. The topological polar surface area (TPSA) is 76.2 Å². The SMILES string of the molecule is O=C(c1nn(-c2cccc(Cl)c2)cc1O)N1CCC(n2ccc(C(F)(F)F)n2)CC1. The van der Waals surface area contributed by atoms with Gasteiger partial charge in [0.05, 0.1) is 17.9 Å². The Labute approximate surface area is 174 Å². The molecule has 0 bridgehead atoms. The van der Waals surface area contributed by atoms with Crippen LogP contribution in [0.1, 0.15) is 35.1 Å². The number of hydrogen-bond acceptors (Lipinski definition) is 4. The highest BCUT2D eigenvalue weighted by Crippen LogP contribution is 2.30. The summed E-state index contributed by atoms with van der Waals surface area (Å²) in [5.41, 5.74) is -0.431. The molecule has 0 spiro atoms. The molecular formula is C19H17ClF3N5O2. The van der Waals surface area contributed by atoms with E-state index in [2.05, 4.69) is 10.2 Å². The third-order valence-electron chi connectivity index (χ3n) is 4.99. The van der Waals surface area contributed by atoms with Crippen LogP contribution < -0.4 is 0 Å². The maximum Gasteiger partial charge on any atom is 0.435 e. The summed E-state index contributed by atoms with van der Waals surface area (Å²) in [6.45, 7) is 0.627. The average Bonchev–Trinajstić information content (AvgIpc) is 3.35. The highest BCUT2D eigenvalue weighted by atomic mass is 35.5. The lowest BCUT2D eigenvalue weighted by Crippen LogP contribution is -2.39. The van der Waals surface area contributed by atoms with Crippen LogP contribution in [0, 0.1) is 0 Å². The maximum absolute atomic E-state index is 12.8. The number of likely N-dealkylation sites (tertiary alicyclic amines) is 1. The average molecular weight is 440 g/mol. The summed E-state index contributed by atoms with van der Waals surface area (Å²) < 4.78 is 40.9. The van der Waals surface area contributed by atoms with Gasteiger partial charge in [0.1, 0.15) is 0 Å². The Morgan fingerprint density at radius 2 is 1.90 bits per heavy atom. The Morgan fingerprint density at radius 1 is 1.17 bits per heavy atom. The van der Waals surface area contributed by atoms with Gasteiger partial charge < -0.3 is 10.0 Å². The number of amides is 1. The first-order chi connectivity index (χ1) is 14.2. The van der Waals surface area contributed by atoms with Crippen molar-refractivity contribution in [1.29, 1.82) is 0 Å². The summed E-state index contributed by atoms with van der Waals surface area (Å²) in [5, 5.41) is 18.5. The van der Waals surface area contributed by atoms with E-state index in [4.69, 9.17) is 11.6 Å². The van der Waals surface area contributed by atoms with Crippen LogP contribution in [0.3, 0.4) is 0 Å². The van der Waals surface area contributed by atoms with Gasteiger partial charge in [-0.05, 0) is 37.1 Å². The standard InChI is InChI=1S/C19H17ClF3N5O2/c20-12-2-1-3-14(10-12)28-11-15(29)17(25-28)18(30)26-7-4-13(5-8-26)27-9-6-16(24-27)19(21,22)23/h1-3,6,9-11,13,29H,4-5,7-8H2. The number of alkyl halides is 3. The zero-order valence-corrected chi connectivity index (χ0v) is 16.3. The van der Waals surface area contributed by atoms with E-state index in [0.29, 0.717) is 36.6 Å². The number of carbonyl (C=O) groups is 1. The molecule has 1 fully saturated rings. The van der Waals surface area contributed by atoms with E-state index in [1.165, 1.54) is 26.7 Å². The number of nitrogens with zero attached hydrogens (tertiary/aromatic N) is 5. The van der Waals surface area contributed by atoms with Crippen molar-refractivity contribution >= 4 is 17.5 Å². The van der Waals surface area contributed by atoms with E-state index in [0.717, 1.165) is 6.07 Å². The van der Waals surface area contributed by atoms with Gasteiger partial charge in [0, 0.05) is 24.3 Å². The van der Waals surface area contributed by atoms with Crippen LogP contribution in [-0.4, -0.2) is 48.6 Å². The molecule has 0 atom stereocenters. The molecule has 1 saturated heterocycles. The van der Waals surface area contributed by atoms with Gasteiger partial charge in [0.2, 0.25) is 0 Å². The second-order valence-corrected chi connectivity index (χ2v) is 7.43. The lowest BCUT2D eigenvalue weighted by molar-refractivity contribution is -0.141. The fourth-order valence-electron chi connectivity index (χ4n) is 3.44. The molecule has 2 aromatic heterocycles. The van der Waals surface area contributed by atoms with E-state index < -0.39 is 17.8 Å². The van der Waals surface area contributed by atoms with Crippen LogP contribution >= 0.6 is 11.6 Å². The number of piperidine rings is 1. The molecule has 30 heavy (non-hydrogen) atoms. The quantitative estimate of drug-likeness (QED) is 0.671. The zero-order valence-electron chi connectivity index (χ0n) is 15.6. The van der Waals surface area contributed by atoms with E-state index in [-0.39, 0.29) is 17.5 Å². The largest absolute Gasteiger partial charge is 0.504 e. The normalized spacial score (nSPS) is 15.5. The third kappa shape index (κ3) is 4.00. The number of aromatic nitrogens is 4. The van der Waals surface area contributed by atoms with Crippen LogP contribution in [0.4, 0.5) is 13.2 Å². The van der Waals surface area contributed by atoms with Crippen molar-refractivity contribution in [2.75, 3.05) is 13.1 Å². The van der Waals surface area contributed by atoms with Crippen LogP contribution in [0.15, 0.2) is 42.7 Å². The molecule has 4 rings (SSSR count). The number of hydrogen-bond donors (Lipinski definition) is 1. The number of benzene rings is 1. The Bertz CT molecular complexity index is 1070. The van der Waals surface area contributed by atoms with Crippen molar-refractivity contribution in [3.05, 3.63) is 59.1 Å². The molecule has 1 aromatic carbocycles. The molecule has 0 saturated carbocycles. The number of aromatic hydroxyl groups is 1. The summed E-state index contributed by atoms with van der Waals surface area (Å²) in [5.74, 6) is -0.702. The first kappa shape index (κ1) is 20.3. The van der Waals surface area contributed by atoms with Gasteiger partial charge in [0.25, 0.3) is 5.91 Å². The van der Waals surface area contributed by atoms with Crippen molar-refractivity contribution in [1.82, 2.24) is 24.5 Å². The van der Waals surface area contributed by atoms with Crippen molar-refractivity contribution in [2.45, 2.75) is 25.1 Å². The zero-order chi connectivity index (χ0) is 21.5. The summed E-state index contributed by atoms with van der Waals surface area (Å²) in [6, 6.07) is 7.51. The molecule has 158 valence electrons. The van der Waals surface area contributed by atoms with Crippen molar-refractivity contribution in [3.63, 3.8) is 0 Å². The van der Waals surface area contributed by atoms with Crippen molar-refractivity contribution in [3.8, 4) is 11.4 Å². The molecule has 7 nitrogen and oxygen atoms in total. The van der Waals surface area contributed by atoms with Crippen molar-refractivity contribution < 1.29 is 23.1 Å². The Morgan fingerprint density at radius 3 is 2.53 bits per heavy atom. The molecule has 11 heteroatoms. The fourth-order valence-corrected chi connectivity index (χ4v) is 3.63. The lowest BCUT2D eigenvalue weighted by Gasteiger charge is -2.31. The monoisotopic (exact) mass is 439 g/mol. The predicted molar refractivity (Wildman–Crippen MR) is 102 cm³/mol. The van der Waals surface area contributed by atoms with Crippen LogP contribution in [0.2, 0.25) is 5.02 Å². The fraction of sp³-hybridized carbons (Fsp3) is 0.316. The molecule has 0 radical (unpaired) electrons. The predicted octanol–water partition coefficient (Wildman–Crippen LogP) is 3.92. The van der Waals surface area contributed by atoms with Gasteiger partial charge in [-0.2, -0.15) is 23.4 Å². The van der Waals surface area contributed by atoms with E-state index in [1.54, 1.807) is 24.3 Å². The highest BCUT2D eigenvalue weighted by molar-refractivity contribution is 6.30. The third-order valence-corrected chi connectivity index (χ3v) is 5.23. The molecule has 0 aliphatic carbocycles. The summed E-state index contributed by atoms with van der Waals surface area (Å²) in [7, 11) is 0. The minimum Gasteiger partial charge on any atom is -0.504 e. The Kier molecular flexibility index (Phi) is 5.19. The van der Waals surface area contributed by atoms with Gasteiger partial charge in [-0.25, -0.2) is 4.68 Å². The number of rotatable bonds is 3. The first-order valence-corrected chi connectivity index (χ1v) is 9.56. The van der Waals surface area contributed by atoms with Gasteiger partial charge in [-0.3, -0.25) is 9.48 Å². The second-order valence-electron chi connectivity index (χ2n) is 6.99. The van der Waals surface area contributed by atoms with Crippen LogP contribution in [0.5, 0.6) is 5.75 Å². The van der Waals surface area contributed by atoms with E-state index in [1.807, 2.05) is 0 Å². The van der Waals surface area contributed by atoms with E-state index >= 15 is 0 Å². The summed E-state index contributed by atoms with van der Waals surface area (Å²) in [6.07, 6.45) is -0.959. The number of carbonyl (C=O) groups excluding carboxylic acids is 1. The number of halogens is 4. The summed E-state index contributed by atoms with van der Waals surface area (Å²) >= 11 is 5.97. The molecule has 3 aromatic rings. The van der Waals surface area contributed by atoms with E-state index in [9.17, 15) is 23.1 Å². The summed E-state index contributed by atoms with van der Waals surface area (Å²) in [4.78, 5) is 14.3. The van der Waals surface area contributed by atoms with Gasteiger partial charge in [-0.1, -0.05) is 17.7 Å². The van der Waals surface area contributed by atoms with Gasteiger partial charge >= 0.3 is 6.18 Å². The second kappa shape index (κ2) is 7.67. The molecular weight excluding hydrogens is 423 g/mol. The smallest absolute Gasteiger partial charge is 0.435 e. The van der Waals surface area contributed by atoms with Crippen molar-refractivity contribution in [2.24, 2.45) is 0 Å². The molecule has 0 unspecified atom stereocenters. The Hall–Kier alpha value is -3.01. The molecule has 1 aliphatic rings. The molecule has 3 heterocycles. The van der Waals surface area contributed by atoms with Gasteiger partial charge in [0.15, 0.2) is 17.1 Å². The minimum atomic E-state index is -4.48. The minimum absolute atomic E-state index is 0.0909. The molecule has 1 amide bonds. The van der Waals surface area contributed by atoms with Gasteiger partial charge in [-0.15, -0.1) is 0 Å². The maximum atomic E-state index is 12.8.